The molecular weight excluding hydrogens is 372 g/mol. The summed E-state index contributed by atoms with van der Waals surface area (Å²) in [5.41, 5.74) is 2.15. The number of nitrogens with zero attached hydrogens (tertiary/aromatic N) is 2. The fraction of sp³-hybridized carbons (Fsp3) is 0.238. The fourth-order valence-corrected chi connectivity index (χ4v) is 2.70. The Kier molecular flexibility index (Phi) is 6.57. The second-order valence-electron chi connectivity index (χ2n) is 6.40. The number of amides is 2. The lowest BCUT2D eigenvalue weighted by Gasteiger charge is -2.06. The van der Waals surface area contributed by atoms with Crippen LogP contribution in [0.5, 0.6) is 5.75 Å². The smallest absolute Gasteiger partial charge is 0.226 e. The van der Waals surface area contributed by atoms with E-state index in [-0.39, 0.29) is 11.8 Å². The Balaban J connectivity index is 1.47. The molecule has 1 aromatic heterocycles. The zero-order valence-corrected chi connectivity index (χ0v) is 16.3. The Morgan fingerprint density at radius 3 is 2.48 bits per heavy atom. The molecule has 0 aliphatic carbocycles. The zero-order chi connectivity index (χ0) is 20.6. The van der Waals surface area contributed by atoms with E-state index in [9.17, 15) is 9.59 Å². The second kappa shape index (κ2) is 9.50. The molecule has 3 aromatic rings. The highest BCUT2D eigenvalue weighted by Crippen LogP contribution is 2.21. The maximum absolute atomic E-state index is 12.1. The lowest BCUT2D eigenvalue weighted by Crippen LogP contribution is -2.11. The molecule has 2 aromatic carbocycles. The largest absolute Gasteiger partial charge is 0.497 e. The lowest BCUT2D eigenvalue weighted by atomic mass is 10.2. The van der Waals surface area contributed by atoms with Gasteiger partial charge in [-0.3, -0.25) is 9.59 Å². The molecule has 0 radical (unpaired) electrons. The molecule has 0 bridgehead atoms. The highest BCUT2D eigenvalue weighted by atomic mass is 16.5. The molecule has 0 saturated carbocycles. The van der Waals surface area contributed by atoms with Crippen molar-refractivity contribution in [2.75, 3.05) is 17.7 Å². The van der Waals surface area contributed by atoms with Crippen LogP contribution in [0.15, 0.2) is 53.1 Å². The van der Waals surface area contributed by atoms with E-state index in [0.29, 0.717) is 42.4 Å². The van der Waals surface area contributed by atoms with Crippen LogP contribution in [0, 0.1) is 0 Å². The van der Waals surface area contributed by atoms with Crippen LogP contribution >= 0.6 is 0 Å². The molecule has 0 aliphatic heterocycles. The van der Waals surface area contributed by atoms with Gasteiger partial charge in [-0.1, -0.05) is 17.3 Å². The number of benzene rings is 2. The minimum atomic E-state index is -0.141. The Morgan fingerprint density at radius 2 is 1.79 bits per heavy atom. The molecule has 0 spiro atoms. The van der Waals surface area contributed by atoms with Crippen molar-refractivity contribution in [3.63, 3.8) is 0 Å². The predicted octanol–water partition coefficient (Wildman–Crippen LogP) is 3.67. The molecule has 150 valence electrons. The predicted molar refractivity (Wildman–Crippen MR) is 109 cm³/mol. The van der Waals surface area contributed by atoms with E-state index in [1.54, 1.807) is 31.4 Å². The first-order chi connectivity index (χ1) is 14.0. The van der Waals surface area contributed by atoms with Gasteiger partial charge in [-0.05, 0) is 42.8 Å². The third-order valence-electron chi connectivity index (χ3n) is 4.08. The zero-order valence-electron chi connectivity index (χ0n) is 16.3. The highest BCUT2D eigenvalue weighted by Gasteiger charge is 2.10. The van der Waals surface area contributed by atoms with Crippen molar-refractivity contribution in [2.24, 2.45) is 0 Å². The molecule has 8 heteroatoms. The number of aromatic nitrogens is 2. The van der Waals surface area contributed by atoms with Gasteiger partial charge in [-0.15, -0.1) is 0 Å². The highest BCUT2D eigenvalue weighted by molar-refractivity contribution is 5.92. The van der Waals surface area contributed by atoms with E-state index < -0.39 is 0 Å². The molecule has 1 heterocycles. The van der Waals surface area contributed by atoms with Crippen molar-refractivity contribution < 1.29 is 18.8 Å². The summed E-state index contributed by atoms with van der Waals surface area (Å²) in [4.78, 5) is 27.5. The number of nitrogens with one attached hydrogen (secondary N) is 2. The minimum absolute atomic E-state index is 0.107. The Hall–Kier alpha value is -3.68. The number of carbonyl (C=O) groups is 2. The second-order valence-corrected chi connectivity index (χ2v) is 6.40. The standard InChI is InChI=1S/C21H22N4O4/c1-14(26)22-16-9-11-17(12-10-16)23-19(27)7-4-8-20-24-21(25-29-20)15-5-3-6-18(13-15)28-2/h3,5-6,9-13H,4,7-8H2,1-2H3,(H,22,26)(H,23,27). The van der Waals surface area contributed by atoms with Crippen LogP contribution in [-0.4, -0.2) is 29.1 Å². The molecular formula is C21H22N4O4. The van der Waals surface area contributed by atoms with Crippen molar-refractivity contribution in [1.29, 1.82) is 0 Å². The van der Waals surface area contributed by atoms with E-state index in [0.717, 1.165) is 11.3 Å². The molecule has 2 N–H and O–H groups in total. The molecule has 0 aliphatic rings. The summed E-state index contributed by atoms with van der Waals surface area (Å²) in [7, 11) is 1.60. The molecule has 2 amide bonds. The summed E-state index contributed by atoms with van der Waals surface area (Å²) in [5.74, 6) is 1.44. The van der Waals surface area contributed by atoms with Gasteiger partial charge in [0.15, 0.2) is 0 Å². The van der Waals surface area contributed by atoms with E-state index in [1.807, 2.05) is 24.3 Å². The summed E-state index contributed by atoms with van der Waals surface area (Å²) in [6.07, 6.45) is 1.41. The number of ether oxygens (including phenoxy) is 1. The normalized spacial score (nSPS) is 10.4. The first-order valence-electron chi connectivity index (χ1n) is 9.18. The maximum atomic E-state index is 12.1. The van der Waals surface area contributed by atoms with E-state index in [4.69, 9.17) is 9.26 Å². The minimum Gasteiger partial charge on any atom is -0.497 e. The summed E-state index contributed by atoms with van der Waals surface area (Å²) in [5, 5.41) is 9.48. The van der Waals surface area contributed by atoms with Crippen molar-refractivity contribution in [2.45, 2.75) is 26.2 Å². The molecule has 8 nitrogen and oxygen atoms in total. The Bertz CT molecular complexity index is 982. The molecule has 3 rings (SSSR count). The molecule has 29 heavy (non-hydrogen) atoms. The van der Waals surface area contributed by atoms with Crippen molar-refractivity contribution >= 4 is 23.2 Å². The van der Waals surface area contributed by atoms with Gasteiger partial charge in [0, 0.05) is 36.7 Å². The summed E-state index contributed by atoms with van der Waals surface area (Å²) >= 11 is 0. The summed E-state index contributed by atoms with van der Waals surface area (Å²) < 4.78 is 10.5. The first-order valence-corrected chi connectivity index (χ1v) is 9.18. The number of hydrogen-bond acceptors (Lipinski definition) is 6. The SMILES string of the molecule is COc1cccc(-c2noc(CCCC(=O)Nc3ccc(NC(C)=O)cc3)n2)c1. The molecule has 0 unspecified atom stereocenters. The van der Waals surface area contributed by atoms with Crippen LogP contribution in [-0.2, 0) is 16.0 Å². The lowest BCUT2D eigenvalue weighted by molar-refractivity contribution is -0.116. The number of carbonyl (C=O) groups excluding carboxylic acids is 2. The van der Waals surface area contributed by atoms with Crippen molar-refractivity contribution in [1.82, 2.24) is 10.1 Å². The third-order valence-corrected chi connectivity index (χ3v) is 4.08. The molecule has 0 saturated heterocycles. The number of methoxy groups -OCH3 is 1. The van der Waals surface area contributed by atoms with Crippen molar-refractivity contribution in [3.05, 3.63) is 54.4 Å². The van der Waals surface area contributed by atoms with E-state index in [2.05, 4.69) is 20.8 Å². The van der Waals surface area contributed by atoms with E-state index in [1.165, 1.54) is 6.92 Å². The third kappa shape index (κ3) is 5.90. The van der Waals surface area contributed by atoms with Crippen LogP contribution in [0.4, 0.5) is 11.4 Å². The van der Waals surface area contributed by atoms with Crippen LogP contribution in [0.2, 0.25) is 0 Å². The fourth-order valence-electron chi connectivity index (χ4n) is 2.70. The number of anilines is 2. The van der Waals surface area contributed by atoms with Gasteiger partial charge in [0.1, 0.15) is 5.75 Å². The van der Waals surface area contributed by atoms with Gasteiger partial charge < -0.3 is 19.9 Å². The first kappa shape index (κ1) is 20.1. The number of rotatable bonds is 8. The summed E-state index contributed by atoms with van der Waals surface area (Å²) in [6.45, 7) is 1.44. The Morgan fingerprint density at radius 1 is 1.07 bits per heavy atom. The van der Waals surface area contributed by atoms with Gasteiger partial charge >= 0.3 is 0 Å². The average molecular weight is 394 g/mol. The quantitative estimate of drug-likeness (QED) is 0.604. The Labute approximate surface area is 168 Å². The van der Waals surface area contributed by atoms with Gasteiger partial charge in [-0.2, -0.15) is 4.98 Å². The topological polar surface area (TPSA) is 106 Å². The van der Waals surface area contributed by atoms with Gasteiger partial charge in [0.05, 0.1) is 7.11 Å². The van der Waals surface area contributed by atoms with E-state index >= 15 is 0 Å². The van der Waals surface area contributed by atoms with Crippen molar-refractivity contribution in [3.8, 4) is 17.1 Å². The maximum Gasteiger partial charge on any atom is 0.226 e. The average Bonchev–Trinajstić information content (AvgIpc) is 3.18. The van der Waals surface area contributed by atoms with Crippen LogP contribution in [0.3, 0.4) is 0 Å². The molecule has 0 atom stereocenters. The van der Waals surface area contributed by atoms with Gasteiger partial charge in [0.25, 0.3) is 0 Å². The molecule has 0 fully saturated rings. The van der Waals surface area contributed by atoms with Crippen LogP contribution in [0.1, 0.15) is 25.7 Å². The van der Waals surface area contributed by atoms with Gasteiger partial charge in [0.2, 0.25) is 23.5 Å². The van der Waals surface area contributed by atoms with Gasteiger partial charge in [-0.25, -0.2) is 0 Å². The van der Waals surface area contributed by atoms with Crippen LogP contribution in [0.25, 0.3) is 11.4 Å². The monoisotopic (exact) mass is 394 g/mol. The van der Waals surface area contributed by atoms with Crippen LogP contribution < -0.4 is 15.4 Å². The number of aryl methyl sites for hydroxylation is 1. The summed E-state index contributed by atoms with van der Waals surface area (Å²) in [6, 6.07) is 14.4. The number of hydrogen-bond donors (Lipinski definition) is 2.